The quantitative estimate of drug-likeness (QED) is 0.347. The van der Waals surface area contributed by atoms with Crippen LogP contribution in [-0.2, 0) is 6.42 Å². The molecule has 0 amide bonds. The minimum Gasteiger partial charge on any atom is -0.324 e. The fourth-order valence-corrected chi connectivity index (χ4v) is 3.42. The lowest BCUT2D eigenvalue weighted by Gasteiger charge is -2.13. The van der Waals surface area contributed by atoms with Crippen molar-refractivity contribution in [3.8, 4) is 22.3 Å². The van der Waals surface area contributed by atoms with E-state index >= 15 is 0 Å². The average molecular weight is 350 g/mol. The Hall–Kier alpha value is -3.36. The molecule has 27 heavy (non-hydrogen) atoms. The van der Waals surface area contributed by atoms with E-state index in [0.717, 1.165) is 12.1 Å². The Bertz CT molecular complexity index is 967. The summed E-state index contributed by atoms with van der Waals surface area (Å²) in [7, 11) is 0. The van der Waals surface area contributed by atoms with Gasteiger partial charge in [-0.3, -0.25) is 5.84 Å². The minimum atomic E-state index is 0.820. The summed E-state index contributed by atoms with van der Waals surface area (Å²) >= 11 is 0. The molecule has 132 valence electrons. The molecular weight excluding hydrogens is 328 g/mol. The van der Waals surface area contributed by atoms with E-state index in [1.54, 1.807) is 0 Å². The van der Waals surface area contributed by atoms with E-state index in [1.807, 2.05) is 12.1 Å². The second-order valence-corrected chi connectivity index (χ2v) is 6.63. The molecule has 0 atom stereocenters. The zero-order chi connectivity index (χ0) is 18.5. The number of para-hydroxylation sites is 1. The van der Waals surface area contributed by atoms with Crippen molar-refractivity contribution in [3.63, 3.8) is 0 Å². The van der Waals surface area contributed by atoms with Gasteiger partial charge in [-0.1, -0.05) is 91.0 Å². The Kier molecular flexibility index (Phi) is 4.99. The number of hydrogen-bond acceptors (Lipinski definition) is 2. The van der Waals surface area contributed by atoms with Crippen LogP contribution in [0.3, 0.4) is 0 Å². The number of anilines is 1. The third-order valence-corrected chi connectivity index (χ3v) is 4.77. The third-order valence-electron chi connectivity index (χ3n) is 4.77. The predicted octanol–water partition coefficient (Wildman–Crippen LogP) is 5.90. The zero-order valence-corrected chi connectivity index (χ0v) is 15.1. The molecule has 0 bridgehead atoms. The van der Waals surface area contributed by atoms with Gasteiger partial charge in [-0.05, 0) is 51.9 Å². The molecule has 0 spiro atoms. The Labute approximate surface area is 160 Å². The second-order valence-electron chi connectivity index (χ2n) is 6.63. The van der Waals surface area contributed by atoms with Crippen LogP contribution in [-0.4, -0.2) is 0 Å². The van der Waals surface area contributed by atoms with Gasteiger partial charge in [-0.2, -0.15) is 0 Å². The summed E-state index contributed by atoms with van der Waals surface area (Å²) in [6, 6.07) is 36.0. The molecule has 0 saturated heterocycles. The first-order chi connectivity index (χ1) is 13.3. The summed E-state index contributed by atoms with van der Waals surface area (Å²) in [5, 5.41) is 0. The van der Waals surface area contributed by atoms with Crippen molar-refractivity contribution in [2.24, 2.45) is 5.84 Å². The van der Waals surface area contributed by atoms with E-state index in [2.05, 4.69) is 96.4 Å². The van der Waals surface area contributed by atoms with Crippen molar-refractivity contribution < 1.29 is 0 Å². The van der Waals surface area contributed by atoms with Crippen LogP contribution in [0.25, 0.3) is 22.3 Å². The highest BCUT2D eigenvalue weighted by Crippen LogP contribution is 2.30. The molecule has 0 heterocycles. The lowest BCUT2D eigenvalue weighted by atomic mass is 9.93. The highest BCUT2D eigenvalue weighted by atomic mass is 15.2. The Balaban J connectivity index is 1.81. The molecule has 2 nitrogen and oxygen atoms in total. The summed E-state index contributed by atoms with van der Waals surface area (Å²) in [4.78, 5) is 0. The lowest BCUT2D eigenvalue weighted by Crippen LogP contribution is -2.09. The summed E-state index contributed by atoms with van der Waals surface area (Å²) in [6.07, 6.45) is 0.820. The van der Waals surface area contributed by atoms with Gasteiger partial charge in [0.1, 0.15) is 0 Å². The zero-order valence-electron chi connectivity index (χ0n) is 15.1. The standard InChI is InChI=1S/C25H22N2/c26-27-25-14-8-7-13-22(25)15-19-16-23(20-9-3-1-4-10-20)18-24(17-19)21-11-5-2-6-12-21/h1-14,16-18,27H,15,26H2. The first-order valence-corrected chi connectivity index (χ1v) is 9.13. The maximum Gasteiger partial charge on any atom is 0.0520 e. The van der Waals surface area contributed by atoms with Crippen LogP contribution in [0, 0.1) is 0 Å². The third kappa shape index (κ3) is 3.91. The minimum absolute atomic E-state index is 0.820. The lowest BCUT2D eigenvalue weighted by molar-refractivity contribution is 1.17. The largest absolute Gasteiger partial charge is 0.324 e. The maximum absolute atomic E-state index is 5.70. The number of nitrogens with one attached hydrogen (secondary N) is 1. The van der Waals surface area contributed by atoms with Gasteiger partial charge in [0.05, 0.1) is 5.69 Å². The van der Waals surface area contributed by atoms with Crippen molar-refractivity contribution in [2.45, 2.75) is 6.42 Å². The molecule has 2 heteroatoms. The van der Waals surface area contributed by atoms with Gasteiger partial charge in [0.25, 0.3) is 0 Å². The summed E-state index contributed by atoms with van der Waals surface area (Å²) in [6.45, 7) is 0. The molecule has 4 aromatic carbocycles. The molecule has 0 fully saturated rings. The van der Waals surface area contributed by atoms with Crippen molar-refractivity contribution in [1.29, 1.82) is 0 Å². The van der Waals surface area contributed by atoms with Crippen LogP contribution in [0.2, 0.25) is 0 Å². The summed E-state index contributed by atoms with van der Waals surface area (Å²) < 4.78 is 0. The molecular formula is C25H22N2. The number of benzene rings is 4. The van der Waals surface area contributed by atoms with Crippen LogP contribution in [0.5, 0.6) is 0 Å². The summed E-state index contributed by atoms with van der Waals surface area (Å²) in [5.74, 6) is 5.70. The van der Waals surface area contributed by atoms with Crippen molar-refractivity contribution in [2.75, 3.05) is 5.43 Å². The number of hydrazine groups is 1. The second kappa shape index (κ2) is 7.90. The molecule has 4 rings (SSSR count). The number of nitrogens with two attached hydrogens (primary N) is 1. The van der Waals surface area contributed by atoms with E-state index in [1.165, 1.54) is 33.4 Å². The number of rotatable bonds is 5. The fourth-order valence-electron chi connectivity index (χ4n) is 3.42. The maximum atomic E-state index is 5.70. The van der Waals surface area contributed by atoms with E-state index in [-0.39, 0.29) is 0 Å². The molecule has 0 aliphatic rings. The van der Waals surface area contributed by atoms with Crippen molar-refractivity contribution >= 4 is 5.69 Å². The molecule has 0 aliphatic heterocycles. The van der Waals surface area contributed by atoms with Gasteiger partial charge in [0, 0.05) is 0 Å². The average Bonchev–Trinajstić information content (AvgIpc) is 2.75. The van der Waals surface area contributed by atoms with E-state index < -0.39 is 0 Å². The highest BCUT2D eigenvalue weighted by molar-refractivity contribution is 5.74. The van der Waals surface area contributed by atoms with Gasteiger partial charge in [-0.25, -0.2) is 0 Å². The molecule has 3 N–H and O–H groups in total. The van der Waals surface area contributed by atoms with Crippen LogP contribution in [0.4, 0.5) is 5.69 Å². The van der Waals surface area contributed by atoms with Gasteiger partial charge >= 0.3 is 0 Å². The van der Waals surface area contributed by atoms with Gasteiger partial charge in [0.15, 0.2) is 0 Å². The SMILES string of the molecule is NNc1ccccc1Cc1cc(-c2ccccc2)cc(-c2ccccc2)c1. The van der Waals surface area contributed by atoms with E-state index in [4.69, 9.17) is 5.84 Å². The van der Waals surface area contributed by atoms with Crippen LogP contribution in [0.1, 0.15) is 11.1 Å². The van der Waals surface area contributed by atoms with Gasteiger partial charge < -0.3 is 5.43 Å². The molecule has 0 saturated carbocycles. The van der Waals surface area contributed by atoms with E-state index in [9.17, 15) is 0 Å². The Morgan fingerprint density at radius 2 is 1.07 bits per heavy atom. The Morgan fingerprint density at radius 3 is 1.63 bits per heavy atom. The Morgan fingerprint density at radius 1 is 0.556 bits per heavy atom. The highest BCUT2D eigenvalue weighted by Gasteiger charge is 2.08. The molecule has 0 unspecified atom stereocenters. The monoisotopic (exact) mass is 350 g/mol. The number of nitrogen functional groups attached to an aromatic ring is 1. The van der Waals surface area contributed by atoms with E-state index in [0.29, 0.717) is 0 Å². The molecule has 4 aromatic rings. The fraction of sp³-hybridized carbons (Fsp3) is 0.0400. The van der Waals surface area contributed by atoms with Crippen molar-refractivity contribution in [3.05, 3.63) is 114 Å². The van der Waals surface area contributed by atoms with Crippen molar-refractivity contribution in [1.82, 2.24) is 0 Å². The summed E-state index contributed by atoms with van der Waals surface area (Å²) in [5.41, 5.74) is 11.1. The number of hydrogen-bond donors (Lipinski definition) is 2. The topological polar surface area (TPSA) is 38.0 Å². The predicted molar refractivity (Wildman–Crippen MR) is 114 cm³/mol. The first-order valence-electron chi connectivity index (χ1n) is 9.13. The first kappa shape index (κ1) is 17.1. The smallest absolute Gasteiger partial charge is 0.0520 e. The van der Waals surface area contributed by atoms with Crippen LogP contribution < -0.4 is 11.3 Å². The normalized spacial score (nSPS) is 10.6. The van der Waals surface area contributed by atoms with Gasteiger partial charge in [0.2, 0.25) is 0 Å². The molecule has 0 radical (unpaired) electrons. The molecule has 0 aliphatic carbocycles. The van der Waals surface area contributed by atoms with Crippen LogP contribution >= 0.6 is 0 Å². The van der Waals surface area contributed by atoms with Gasteiger partial charge in [-0.15, -0.1) is 0 Å². The molecule has 0 aromatic heterocycles. The van der Waals surface area contributed by atoms with Crippen LogP contribution in [0.15, 0.2) is 103 Å².